The van der Waals surface area contributed by atoms with Gasteiger partial charge in [0.2, 0.25) is 11.0 Å². The number of nitrogens with zero attached hydrogens (tertiary/aromatic N) is 6. The van der Waals surface area contributed by atoms with Crippen molar-refractivity contribution in [2.45, 2.75) is 17.2 Å². The molecule has 2 heterocycles. The molecule has 3 aromatic rings. The second kappa shape index (κ2) is 7.05. The van der Waals surface area contributed by atoms with Gasteiger partial charge >= 0.3 is 0 Å². The third kappa shape index (κ3) is 3.39. The topological polar surface area (TPSA) is 87.8 Å². The van der Waals surface area contributed by atoms with Gasteiger partial charge in [-0.25, -0.2) is 4.98 Å². The molecule has 118 valence electrons. The van der Waals surface area contributed by atoms with E-state index in [1.165, 1.54) is 11.8 Å². The van der Waals surface area contributed by atoms with Crippen LogP contribution in [0.5, 0.6) is 11.6 Å². The Labute approximate surface area is 136 Å². The molecule has 0 N–H and O–H groups in total. The first-order valence-electron chi connectivity index (χ1n) is 6.87. The van der Waals surface area contributed by atoms with E-state index in [1.807, 2.05) is 31.2 Å². The fourth-order valence-electron chi connectivity index (χ4n) is 1.87. The average molecular weight is 330 g/mol. The number of methoxy groups -OCH3 is 1. The van der Waals surface area contributed by atoms with Gasteiger partial charge in [0.25, 0.3) is 0 Å². The lowest BCUT2D eigenvalue weighted by atomic mass is 10.3. The van der Waals surface area contributed by atoms with E-state index < -0.39 is 0 Å². The lowest BCUT2D eigenvalue weighted by Crippen LogP contribution is -2.03. The van der Waals surface area contributed by atoms with Crippen LogP contribution in [0.25, 0.3) is 5.69 Å². The van der Waals surface area contributed by atoms with Crippen LogP contribution in [0.2, 0.25) is 0 Å². The zero-order valence-electron chi connectivity index (χ0n) is 12.6. The number of tetrazole rings is 1. The minimum Gasteiger partial charge on any atom is -0.492 e. The number of hydrogen-bond acceptors (Lipinski definition) is 8. The number of para-hydroxylation sites is 2. The molecule has 3 rings (SSSR count). The van der Waals surface area contributed by atoms with Gasteiger partial charge < -0.3 is 9.47 Å². The van der Waals surface area contributed by atoms with Gasteiger partial charge in [0.1, 0.15) is 11.4 Å². The summed E-state index contributed by atoms with van der Waals surface area (Å²) in [5.74, 6) is 1.19. The Hall–Kier alpha value is -2.68. The summed E-state index contributed by atoms with van der Waals surface area (Å²) in [6.45, 7) is 2.48. The van der Waals surface area contributed by atoms with Gasteiger partial charge in [-0.15, -0.1) is 5.10 Å². The second-order valence-corrected chi connectivity index (χ2v) is 5.19. The molecule has 0 amide bonds. The molecule has 0 atom stereocenters. The standard InChI is InChI=1S/C14H14N6O2S/c1-3-22-11-7-5-4-6-10(11)20-14(17-18-19-20)23-13-15-9-8-12(16-13)21-2/h4-9H,3H2,1-2H3. The molecule has 0 spiro atoms. The highest BCUT2D eigenvalue weighted by molar-refractivity contribution is 7.99. The van der Waals surface area contributed by atoms with E-state index in [0.717, 1.165) is 5.69 Å². The van der Waals surface area contributed by atoms with E-state index in [9.17, 15) is 0 Å². The fourth-order valence-corrected chi connectivity index (χ4v) is 2.58. The average Bonchev–Trinajstić information content (AvgIpc) is 3.04. The molecule has 8 nitrogen and oxygen atoms in total. The summed E-state index contributed by atoms with van der Waals surface area (Å²) < 4.78 is 12.3. The molecule has 0 saturated carbocycles. The van der Waals surface area contributed by atoms with Gasteiger partial charge in [0.15, 0.2) is 5.16 Å². The third-order valence-electron chi connectivity index (χ3n) is 2.83. The number of ether oxygens (including phenoxy) is 2. The van der Waals surface area contributed by atoms with Crippen molar-refractivity contribution in [2.75, 3.05) is 13.7 Å². The van der Waals surface area contributed by atoms with Crippen LogP contribution in [-0.2, 0) is 0 Å². The van der Waals surface area contributed by atoms with Gasteiger partial charge in [-0.2, -0.15) is 9.67 Å². The normalized spacial score (nSPS) is 10.5. The zero-order valence-corrected chi connectivity index (χ0v) is 13.4. The molecule has 23 heavy (non-hydrogen) atoms. The van der Waals surface area contributed by atoms with E-state index in [1.54, 1.807) is 24.1 Å². The number of aromatic nitrogens is 6. The van der Waals surface area contributed by atoms with Crippen LogP contribution in [0.15, 0.2) is 46.8 Å². The highest BCUT2D eigenvalue weighted by atomic mass is 32.2. The van der Waals surface area contributed by atoms with Crippen LogP contribution in [-0.4, -0.2) is 43.9 Å². The van der Waals surface area contributed by atoms with E-state index in [4.69, 9.17) is 9.47 Å². The molecule has 0 saturated heterocycles. The molecular weight excluding hydrogens is 316 g/mol. The monoisotopic (exact) mass is 330 g/mol. The molecule has 9 heteroatoms. The number of rotatable bonds is 6. The summed E-state index contributed by atoms with van der Waals surface area (Å²) in [6.07, 6.45) is 1.62. The minimum atomic E-state index is 0.483. The summed E-state index contributed by atoms with van der Waals surface area (Å²) in [7, 11) is 1.55. The maximum Gasteiger partial charge on any atom is 0.222 e. The summed E-state index contributed by atoms with van der Waals surface area (Å²) in [5.41, 5.74) is 0.754. The summed E-state index contributed by atoms with van der Waals surface area (Å²) in [5, 5.41) is 12.8. The Balaban J connectivity index is 1.93. The maximum atomic E-state index is 5.63. The first kappa shape index (κ1) is 15.2. The van der Waals surface area contributed by atoms with Gasteiger partial charge in [0, 0.05) is 12.3 Å². The molecule has 0 bridgehead atoms. The Morgan fingerprint density at radius 2 is 2.09 bits per heavy atom. The van der Waals surface area contributed by atoms with E-state index in [2.05, 4.69) is 25.5 Å². The smallest absolute Gasteiger partial charge is 0.222 e. The summed E-state index contributed by atoms with van der Waals surface area (Å²) >= 11 is 1.24. The van der Waals surface area contributed by atoms with Crippen LogP contribution in [0, 0.1) is 0 Å². The summed E-state index contributed by atoms with van der Waals surface area (Å²) in [4.78, 5) is 8.44. The second-order valence-electron chi connectivity index (χ2n) is 4.26. The quantitative estimate of drug-likeness (QED) is 0.634. The van der Waals surface area contributed by atoms with E-state index in [0.29, 0.717) is 28.5 Å². The fraction of sp³-hybridized carbons (Fsp3) is 0.214. The van der Waals surface area contributed by atoms with Crippen LogP contribution < -0.4 is 9.47 Å². The maximum absolute atomic E-state index is 5.63. The van der Waals surface area contributed by atoms with Crippen molar-refractivity contribution in [1.82, 2.24) is 30.2 Å². The predicted molar refractivity (Wildman–Crippen MR) is 83.0 cm³/mol. The summed E-state index contributed by atoms with van der Waals surface area (Å²) in [6, 6.07) is 9.24. The molecule has 0 unspecified atom stereocenters. The van der Waals surface area contributed by atoms with Crippen LogP contribution in [0.1, 0.15) is 6.92 Å². The van der Waals surface area contributed by atoms with Gasteiger partial charge in [-0.1, -0.05) is 12.1 Å². The Bertz CT molecular complexity index is 794. The van der Waals surface area contributed by atoms with Crippen molar-refractivity contribution >= 4 is 11.8 Å². The first-order chi connectivity index (χ1) is 11.3. The Morgan fingerprint density at radius 3 is 2.91 bits per heavy atom. The molecule has 0 fully saturated rings. The van der Waals surface area contributed by atoms with Gasteiger partial charge in [0.05, 0.1) is 13.7 Å². The van der Waals surface area contributed by atoms with Crippen molar-refractivity contribution < 1.29 is 9.47 Å². The molecule has 2 aromatic heterocycles. The van der Waals surface area contributed by atoms with Crippen molar-refractivity contribution in [2.24, 2.45) is 0 Å². The number of hydrogen-bond donors (Lipinski definition) is 0. The largest absolute Gasteiger partial charge is 0.492 e. The molecule has 0 radical (unpaired) electrons. The van der Waals surface area contributed by atoms with Crippen LogP contribution >= 0.6 is 11.8 Å². The predicted octanol–water partition coefficient (Wildman–Crippen LogP) is 2.01. The number of benzene rings is 1. The Kier molecular flexibility index (Phi) is 4.67. The van der Waals surface area contributed by atoms with E-state index >= 15 is 0 Å². The SMILES string of the molecule is CCOc1ccccc1-n1nnnc1Sc1nccc(OC)n1. The van der Waals surface area contributed by atoms with E-state index in [-0.39, 0.29) is 0 Å². The highest BCUT2D eigenvalue weighted by Gasteiger charge is 2.15. The first-order valence-corrected chi connectivity index (χ1v) is 7.69. The Morgan fingerprint density at radius 1 is 1.22 bits per heavy atom. The van der Waals surface area contributed by atoms with Gasteiger partial charge in [-0.05, 0) is 41.2 Å². The molecular formula is C14H14N6O2S. The third-order valence-corrected chi connectivity index (χ3v) is 3.65. The van der Waals surface area contributed by atoms with Crippen molar-refractivity contribution in [1.29, 1.82) is 0 Å². The lowest BCUT2D eigenvalue weighted by molar-refractivity contribution is 0.337. The highest BCUT2D eigenvalue weighted by Crippen LogP contribution is 2.28. The van der Waals surface area contributed by atoms with Crippen LogP contribution in [0.3, 0.4) is 0 Å². The lowest BCUT2D eigenvalue weighted by Gasteiger charge is -2.10. The van der Waals surface area contributed by atoms with Gasteiger partial charge in [-0.3, -0.25) is 0 Å². The molecule has 0 aliphatic rings. The molecule has 0 aliphatic carbocycles. The van der Waals surface area contributed by atoms with Crippen molar-refractivity contribution in [3.05, 3.63) is 36.5 Å². The van der Waals surface area contributed by atoms with Crippen molar-refractivity contribution in [3.8, 4) is 17.3 Å². The zero-order chi connectivity index (χ0) is 16.1. The molecule has 1 aromatic carbocycles. The minimum absolute atomic E-state index is 0.483. The van der Waals surface area contributed by atoms with Crippen LogP contribution in [0.4, 0.5) is 0 Å². The van der Waals surface area contributed by atoms with Crippen molar-refractivity contribution in [3.63, 3.8) is 0 Å². The molecule has 0 aliphatic heterocycles.